The second-order valence-electron chi connectivity index (χ2n) is 4.99. The first-order chi connectivity index (χ1) is 12.3. The maximum atomic E-state index is 10.7. The van der Waals surface area contributed by atoms with Gasteiger partial charge in [-0.1, -0.05) is 23.2 Å². The Labute approximate surface area is 165 Å². The number of benzene rings is 2. The molecule has 0 aliphatic heterocycles. The van der Waals surface area contributed by atoms with Crippen LogP contribution in [0.15, 0.2) is 50.3 Å². The van der Waals surface area contributed by atoms with Gasteiger partial charge in [0.25, 0.3) is 5.69 Å². The number of nitro benzene ring substituents is 1. The molecule has 1 N–H and O–H groups in total. The van der Waals surface area contributed by atoms with Gasteiger partial charge in [0.15, 0.2) is 5.69 Å². The number of hydrogen-bond donors (Lipinski definition) is 1. The molecule has 132 valence electrons. The van der Waals surface area contributed by atoms with Crippen LogP contribution in [0.4, 0.5) is 11.4 Å². The summed E-state index contributed by atoms with van der Waals surface area (Å²) in [5.41, 5.74) is 0.993. The van der Waals surface area contributed by atoms with Crippen LogP contribution in [0.25, 0.3) is 11.5 Å². The lowest BCUT2D eigenvalue weighted by Crippen LogP contribution is -1.87. The third kappa shape index (κ3) is 3.87. The summed E-state index contributed by atoms with van der Waals surface area (Å²) in [6.07, 6.45) is 1.30. The third-order valence-corrected chi connectivity index (χ3v) is 4.63. The Bertz CT molecular complexity index is 1020. The average Bonchev–Trinajstić information content (AvgIpc) is 2.98. The van der Waals surface area contributed by atoms with Crippen molar-refractivity contribution >= 4 is 56.7 Å². The summed E-state index contributed by atoms with van der Waals surface area (Å²) in [6.45, 7) is 0. The predicted octanol–water partition coefficient (Wildman–Crippen LogP) is 5.78. The van der Waals surface area contributed by atoms with E-state index in [2.05, 4.69) is 25.9 Å². The predicted molar refractivity (Wildman–Crippen MR) is 102 cm³/mol. The number of rotatable bonds is 4. The number of aromatic nitrogens is 1. The number of hydrogen-bond acceptors (Lipinski definition) is 6. The lowest BCUT2D eigenvalue weighted by atomic mass is 10.2. The molecule has 0 bridgehead atoms. The molecule has 0 spiro atoms. The summed E-state index contributed by atoms with van der Waals surface area (Å²) < 4.78 is 5.80. The summed E-state index contributed by atoms with van der Waals surface area (Å²) >= 11 is 15.2. The molecule has 3 aromatic rings. The number of halogens is 3. The van der Waals surface area contributed by atoms with Crippen molar-refractivity contribution in [2.75, 3.05) is 0 Å². The topological polar surface area (TPSA) is 102 Å². The zero-order valence-corrected chi connectivity index (χ0v) is 15.8. The summed E-state index contributed by atoms with van der Waals surface area (Å²) in [7, 11) is 0. The molecule has 0 aliphatic rings. The standard InChI is InChI=1S/C16H8BrCl2N3O4/c17-10-5-11(18)12(19)6-13(10)20-7-14-16(23)26-15(21-14)8-1-3-9(4-2-8)22(24)25/h1-7,23H. The first kappa shape index (κ1) is 18.4. The number of nitrogens with zero attached hydrogens (tertiary/aromatic N) is 3. The second-order valence-corrected chi connectivity index (χ2v) is 6.66. The zero-order chi connectivity index (χ0) is 18.8. The SMILES string of the molecule is O=[N+]([O-])c1ccc(-c2nc(C=Nc3cc(Cl)c(Cl)cc3Br)c(O)o2)cc1. The number of nitro groups is 1. The van der Waals surface area contributed by atoms with Crippen molar-refractivity contribution in [3.8, 4) is 17.4 Å². The third-order valence-electron chi connectivity index (χ3n) is 3.28. The molecule has 7 nitrogen and oxygen atoms in total. The molecule has 26 heavy (non-hydrogen) atoms. The van der Waals surface area contributed by atoms with Crippen LogP contribution >= 0.6 is 39.1 Å². The van der Waals surface area contributed by atoms with E-state index < -0.39 is 10.9 Å². The van der Waals surface area contributed by atoms with Gasteiger partial charge in [-0.25, -0.2) is 4.98 Å². The molecule has 0 saturated heterocycles. The van der Waals surface area contributed by atoms with Crippen LogP contribution in [0.5, 0.6) is 5.95 Å². The van der Waals surface area contributed by atoms with Crippen LogP contribution < -0.4 is 0 Å². The summed E-state index contributed by atoms with van der Waals surface area (Å²) in [4.78, 5) is 18.5. The number of aromatic hydroxyl groups is 1. The highest BCUT2D eigenvalue weighted by atomic mass is 79.9. The second kappa shape index (κ2) is 7.45. The number of oxazole rings is 1. The Balaban J connectivity index is 1.89. The van der Waals surface area contributed by atoms with E-state index in [4.69, 9.17) is 27.6 Å². The largest absolute Gasteiger partial charge is 0.479 e. The van der Waals surface area contributed by atoms with Crippen molar-refractivity contribution in [2.24, 2.45) is 4.99 Å². The molecule has 2 aromatic carbocycles. The van der Waals surface area contributed by atoms with Crippen LogP contribution in [0.1, 0.15) is 5.69 Å². The average molecular weight is 457 g/mol. The minimum Gasteiger partial charge on any atom is -0.479 e. The van der Waals surface area contributed by atoms with Gasteiger partial charge in [0.1, 0.15) is 0 Å². The highest BCUT2D eigenvalue weighted by Crippen LogP contribution is 2.34. The molecule has 10 heteroatoms. The Morgan fingerprint density at radius 3 is 2.54 bits per heavy atom. The maximum absolute atomic E-state index is 10.7. The van der Waals surface area contributed by atoms with Crippen LogP contribution in [0.3, 0.4) is 0 Å². The van der Waals surface area contributed by atoms with Gasteiger partial charge in [-0.3, -0.25) is 15.1 Å². The van der Waals surface area contributed by atoms with Gasteiger partial charge in [-0.15, -0.1) is 0 Å². The monoisotopic (exact) mass is 455 g/mol. The van der Waals surface area contributed by atoms with E-state index in [0.717, 1.165) is 0 Å². The molecule has 0 aliphatic carbocycles. The molecule has 0 saturated carbocycles. The van der Waals surface area contributed by atoms with E-state index in [9.17, 15) is 15.2 Å². The molecular formula is C16H8BrCl2N3O4. The van der Waals surface area contributed by atoms with Crippen molar-refractivity contribution < 1.29 is 14.4 Å². The molecule has 0 atom stereocenters. The Morgan fingerprint density at radius 2 is 1.88 bits per heavy atom. The fourth-order valence-electron chi connectivity index (χ4n) is 2.00. The van der Waals surface area contributed by atoms with Gasteiger partial charge in [-0.2, -0.15) is 0 Å². The van der Waals surface area contributed by atoms with Gasteiger partial charge in [-0.05, 0) is 40.2 Å². The molecular weight excluding hydrogens is 449 g/mol. The van der Waals surface area contributed by atoms with Crippen LogP contribution in [0, 0.1) is 10.1 Å². The van der Waals surface area contributed by atoms with Crippen LogP contribution in [-0.4, -0.2) is 21.2 Å². The summed E-state index contributed by atoms with van der Waals surface area (Å²) in [5, 5.41) is 21.3. The van der Waals surface area contributed by atoms with Crippen molar-refractivity contribution in [3.63, 3.8) is 0 Å². The lowest BCUT2D eigenvalue weighted by molar-refractivity contribution is -0.384. The Kier molecular flexibility index (Phi) is 5.26. The normalized spacial score (nSPS) is 11.2. The molecule has 1 aromatic heterocycles. The van der Waals surface area contributed by atoms with E-state index in [1.165, 1.54) is 30.5 Å². The molecule has 0 radical (unpaired) electrons. The first-order valence-electron chi connectivity index (χ1n) is 6.98. The maximum Gasteiger partial charge on any atom is 0.312 e. The minimum atomic E-state index is -0.510. The van der Waals surface area contributed by atoms with E-state index >= 15 is 0 Å². The highest BCUT2D eigenvalue weighted by Gasteiger charge is 2.14. The van der Waals surface area contributed by atoms with E-state index in [-0.39, 0.29) is 17.3 Å². The Hall–Kier alpha value is -2.42. The molecule has 0 amide bonds. The molecule has 3 rings (SSSR count). The minimum absolute atomic E-state index is 0.0595. The Morgan fingerprint density at radius 1 is 1.23 bits per heavy atom. The zero-order valence-electron chi connectivity index (χ0n) is 12.7. The van der Waals surface area contributed by atoms with Crippen molar-refractivity contribution in [1.82, 2.24) is 4.98 Å². The van der Waals surface area contributed by atoms with Crippen LogP contribution in [0.2, 0.25) is 10.0 Å². The number of aliphatic imine (C=N–C) groups is 1. The van der Waals surface area contributed by atoms with Crippen molar-refractivity contribution in [1.29, 1.82) is 0 Å². The summed E-state index contributed by atoms with van der Waals surface area (Å²) in [5.74, 6) is -0.328. The van der Waals surface area contributed by atoms with Gasteiger partial charge < -0.3 is 9.52 Å². The van der Waals surface area contributed by atoms with Gasteiger partial charge >= 0.3 is 5.95 Å². The van der Waals surface area contributed by atoms with Gasteiger partial charge in [0.2, 0.25) is 5.89 Å². The van der Waals surface area contributed by atoms with Gasteiger partial charge in [0.05, 0.1) is 26.9 Å². The number of non-ortho nitro benzene ring substituents is 1. The first-order valence-corrected chi connectivity index (χ1v) is 8.53. The van der Waals surface area contributed by atoms with Crippen molar-refractivity contribution in [3.05, 3.63) is 66.7 Å². The molecule has 1 heterocycles. The highest BCUT2D eigenvalue weighted by molar-refractivity contribution is 9.10. The summed E-state index contributed by atoms with van der Waals surface area (Å²) in [6, 6.07) is 8.73. The van der Waals surface area contributed by atoms with E-state index in [1.54, 1.807) is 12.1 Å². The lowest BCUT2D eigenvalue weighted by Gasteiger charge is -2.00. The molecule has 0 unspecified atom stereocenters. The smallest absolute Gasteiger partial charge is 0.312 e. The van der Waals surface area contributed by atoms with Crippen molar-refractivity contribution in [2.45, 2.75) is 0 Å². The van der Waals surface area contributed by atoms with Gasteiger partial charge in [0, 0.05) is 22.2 Å². The van der Waals surface area contributed by atoms with E-state index in [1.807, 2.05) is 0 Å². The van der Waals surface area contributed by atoms with Crippen LogP contribution in [-0.2, 0) is 0 Å². The fraction of sp³-hybridized carbons (Fsp3) is 0. The quantitative estimate of drug-likeness (QED) is 0.232. The molecule has 0 fully saturated rings. The fourth-order valence-corrected chi connectivity index (χ4v) is 2.90. The van der Waals surface area contributed by atoms with E-state index in [0.29, 0.717) is 25.8 Å².